The van der Waals surface area contributed by atoms with E-state index in [2.05, 4.69) is 14.9 Å². The molecule has 0 aliphatic carbocycles. The summed E-state index contributed by atoms with van der Waals surface area (Å²) >= 11 is 0. The summed E-state index contributed by atoms with van der Waals surface area (Å²) in [7, 11) is 0. The van der Waals surface area contributed by atoms with Crippen LogP contribution in [0.5, 0.6) is 0 Å². The molecule has 7 nitrogen and oxygen atoms in total. The van der Waals surface area contributed by atoms with Crippen molar-refractivity contribution >= 4 is 28.3 Å². The summed E-state index contributed by atoms with van der Waals surface area (Å²) in [6.45, 7) is 2.67. The Morgan fingerprint density at radius 2 is 1.69 bits per heavy atom. The number of rotatable bonds is 2. The van der Waals surface area contributed by atoms with Crippen molar-refractivity contribution in [3.05, 3.63) is 82.9 Å². The Morgan fingerprint density at radius 1 is 0.897 bits per heavy atom. The number of fused-ring (bicyclic) bond motifs is 2. The highest BCUT2D eigenvalue weighted by atomic mass is 16.2. The first-order chi connectivity index (χ1) is 14.2. The smallest absolute Gasteiger partial charge is 0.265 e. The molecule has 1 aliphatic rings. The number of carbonyl (C=O) groups is 1. The standard InChI is InChI=1S/C22H19N5O2/c28-21(26-13-11-25(12-14-26)19-7-3-4-10-23-19)16-8-9-20-24-18-6-2-1-5-17(18)22(29)27(20)15-16/h1-10,15H,11-14H2. The quantitative estimate of drug-likeness (QED) is 0.495. The van der Waals surface area contributed by atoms with Gasteiger partial charge in [0.25, 0.3) is 11.5 Å². The van der Waals surface area contributed by atoms with E-state index < -0.39 is 0 Å². The summed E-state index contributed by atoms with van der Waals surface area (Å²) in [5.74, 6) is 0.849. The maximum atomic E-state index is 13.0. The van der Waals surface area contributed by atoms with Crippen molar-refractivity contribution in [2.75, 3.05) is 31.1 Å². The number of amides is 1. The van der Waals surface area contributed by atoms with Crippen LogP contribution < -0.4 is 10.5 Å². The van der Waals surface area contributed by atoms with Gasteiger partial charge in [-0.1, -0.05) is 18.2 Å². The van der Waals surface area contributed by atoms with Gasteiger partial charge in [0.2, 0.25) is 0 Å². The zero-order valence-corrected chi connectivity index (χ0v) is 15.7. The molecular formula is C22H19N5O2. The normalized spacial score (nSPS) is 14.5. The average molecular weight is 385 g/mol. The number of hydrogen-bond donors (Lipinski definition) is 0. The van der Waals surface area contributed by atoms with Gasteiger partial charge in [0.05, 0.1) is 16.5 Å². The number of piperazine rings is 1. The van der Waals surface area contributed by atoms with E-state index in [1.54, 1.807) is 30.6 Å². The van der Waals surface area contributed by atoms with Crippen molar-refractivity contribution in [2.24, 2.45) is 0 Å². The van der Waals surface area contributed by atoms with Crippen molar-refractivity contribution in [3.63, 3.8) is 0 Å². The second-order valence-electron chi connectivity index (χ2n) is 7.05. The summed E-state index contributed by atoms with van der Waals surface area (Å²) < 4.78 is 1.46. The third-order valence-corrected chi connectivity index (χ3v) is 5.30. The predicted molar refractivity (Wildman–Crippen MR) is 111 cm³/mol. The van der Waals surface area contributed by atoms with Crippen molar-refractivity contribution in [1.82, 2.24) is 19.3 Å². The molecular weight excluding hydrogens is 366 g/mol. The van der Waals surface area contributed by atoms with Gasteiger partial charge in [0.1, 0.15) is 11.5 Å². The second-order valence-corrected chi connectivity index (χ2v) is 7.05. The third kappa shape index (κ3) is 3.10. The number of hydrogen-bond acceptors (Lipinski definition) is 5. The minimum atomic E-state index is -0.166. The fraction of sp³-hybridized carbons (Fsp3) is 0.182. The van der Waals surface area contributed by atoms with Crippen LogP contribution in [0.1, 0.15) is 10.4 Å². The molecule has 0 atom stereocenters. The summed E-state index contributed by atoms with van der Waals surface area (Å²) in [4.78, 5) is 38.7. The van der Waals surface area contributed by atoms with Gasteiger partial charge in [-0.3, -0.25) is 14.0 Å². The maximum Gasteiger partial charge on any atom is 0.265 e. The minimum Gasteiger partial charge on any atom is -0.353 e. The van der Waals surface area contributed by atoms with E-state index in [9.17, 15) is 9.59 Å². The lowest BCUT2D eigenvalue weighted by molar-refractivity contribution is 0.0746. The minimum absolute atomic E-state index is 0.0763. The molecule has 1 aromatic carbocycles. The monoisotopic (exact) mass is 385 g/mol. The number of anilines is 1. The Bertz CT molecular complexity index is 1260. The Morgan fingerprint density at radius 3 is 2.48 bits per heavy atom. The second kappa shape index (κ2) is 7.01. The van der Waals surface area contributed by atoms with Crippen molar-refractivity contribution < 1.29 is 4.79 Å². The fourth-order valence-electron chi connectivity index (χ4n) is 3.74. The summed E-state index contributed by atoms with van der Waals surface area (Å²) in [6, 6.07) is 16.5. The lowest BCUT2D eigenvalue weighted by Gasteiger charge is -2.35. The highest BCUT2D eigenvalue weighted by molar-refractivity contribution is 5.94. The number of aromatic nitrogens is 3. The van der Waals surface area contributed by atoms with E-state index in [4.69, 9.17) is 0 Å². The SMILES string of the molecule is O=C(c1ccc2nc3ccccc3c(=O)n2c1)N1CCN(c2ccccn2)CC1. The topological polar surface area (TPSA) is 70.8 Å². The molecule has 144 valence electrons. The van der Waals surface area contributed by atoms with Crippen LogP contribution in [0.3, 0.4) is 0 Å². The van der Waals surface area contributed by atoms with Crippen molar-refractivity contribution in [3.8, 4) is 0 Å². The molecule has 7 heteroatoms. The molecule has 0 radical (unpaired) electrons. The molecule has 0 saturated carbocycles. The average Bonchev–Trinajstić information content (AvgIpc) is 2.79. The van der Waals surface area contributed by atoms with Gasteiger partial charge in [-0.15, -0.1) is 0 Å². The fourth-order valence-corrected chi connectivity index (χ4v) is 3.74. The van der Waals surface area contributed by atoms with Gasteiger partial charge in [-0.2, -0.15) is 0 Å². The zero-order valence-electron chi connectivity index (χ0n) is 15.7. The molecule has 0 N–H and O–H groups in total. The number of pyridine rings is 2. The first-order valence-corrected chi connectivity index (χ1v) is 9.57. The van der Waals surface area contributed by atoms with E-state index in [0.717, 1.165) is 18.9 Å². The molecule has 29 heavy (non-hydrogen) atoms. The first-order valence-electron chi connectivity index (χ1n) is 9.57. The van der Waals surface area contributed by atoms with Crippen LogP contribution in [0, 0.1) is 0 Å². The number of carbonyl (C=O) groups excluding carboxylic acids is 1. The summed E-state index contributed by atoms with van der Waals surface area (Å²) in [5, 5.41) is 0.540. The number of benzene rings is 1. The number of para-hydroxylation sites is 1. The third-order valence-electron chi connectivity index (χ3n) is 5.30. The van der Waals surface area contributed by atoms with E-state index in [1.807, 2.05) is 41.3 Å². The Labute approximate surface area is 166 Å². The van der Waals surface area contributed by atoms with Crippen LogP contribution in [0.25, 0.3) is 16.6 Å². The molecule has 1 aliphatic heterocycles. The Balaban J connectivity index is 1.41. The van der Waals surface area contributed by atoms with E-state index in [0.29, 0.717) is 35.2 Å². The molecule has 3 aromatic heterocycles. The van der Waals surface area contributed by atoms with Crippen LogP contribution in [-0.4, -0.2) is 51.4 Å². The molecule has 4 heterocycles. The highest BCUT2D eigenvalue weighted by Crippen LogP contribution is 2.15. The predicted octanol–water partition coefficient (Wildman–Crippen LogP) is 2.21. The largest absolute Gasteiger partial charge is 0.353 e. The Hall–Kier alpha value is -3.74. The lowest BCUT2D eigenvalue weighted by Crippen LogP contribution is -2.49. The number of nitrogens with zero attached hydrogens (tertiary/aromatic N) is 5. The molecule has 1 amide bonds. The van der Waals surface area contributed by atoms with Gasteiger partial charge in [-0.25, -0.2) is 9.97 Å². The van der Waals surface area contributed by atoms with E-state index in [1.165, 1.54) is 4.40 Å². The lowest BCUT2D eigenvalue weighted by atomic mass is 10.2. The van der Waals surface area contributed by atoms with E-state index >= 15 is 0 Å². The summed E-state index contributed by atoms with van der Waals surface area (Å²) in [5.41, 5.74) is 1.51. The molecule has 0 spiro atoms. The van der Waals surface area contributed by atoms with Crippen molar-refractivity contribution in [2.45, 2.75) is 0 Å². The molecule has 1 saturated heterocycles. The molecule has 0 unspecified atom stereocenters. The molecule has 1 fully saturated rings. The van der Waals surface area contributed by atoms with Crippen molar-refractivity contribution in [1.29, 1.82) is 0 Å². The molecule has 5 rings (SSSR count). The van der Waals surface area contributed by atoms with Crippen LogP contribution in [-0.2, 0) is 0 Å². The van der Waals surface area contributed by atoms with Crippen LogP contribution in [0.15, 0.2) is 71.8 Å². The van der Waals surface area contributed by atoms with Crippen LogP contribution >= 0.6 is 0 Å². The van der Waals surface area contributed by atoms with E-state index in [-0.39, 0.29) is 11.5 Å². The van der Waals surface area contributed by atoms with Gasteiger partial charge in [0, 0.05) is 38.6 Å². The van der Waals surface area contributed by atoms with Crippen LogP contribution in [0.4, 0.5) is 5.82 Å². The first kappa shape index (κ1) is 17.4. The van der Waals surface area contributed by atoms with Gasteiger partial charge < -0.3 is 9.80 Å². The Kier molecular flexibility index (Phi) is 4.20. The maximum absolute atomic E-state index is 13.0. The highest BCUT2D eigenvalue weighted by Gasteiger charge is 2.23. The van der Waals surface area contributed by atoms with Gasteiger partial charge in [0.15, 0.2) is 0 Å². The van der Waals surface area contributed by atoms with Crippen LogP contribution in [0.2, 0.25) is 0 Å². The van der Waals surface area contributed by atoms with Gasteiger partial charge in [-0.05, 0) is 36.4 Å². The zero-order chi connectivity index (χ0) is 19.8. The molecule has 0 bridgehead atoms. The summed E-state index contributed by atoms with van der Waals surface area (Å²) in [6.07, 6.45) is 3.38. The van der Waals surface area contributed by atoms with Gasteiger partial charge >= 0.3 is 0 Å². The molecule has 4 aromatic rings.